The maximum absolute atomic E-state index is 13.3. The van der Waals surface area contributed by atoms with Gasteiger partial charge in [0.1, 0.15) is 5.69 Å². The van der Waals surface area contributed by atoms with Crippen LogP contribution in [0.3, 0.4) is 0 Å². The summed E-state index contributed by atoms with van der Waals surface area (Å²) in [5.41, 5.74) is 6.06. The smallest absolute Gasteiger partial charge is 0.211 e. The van der Waals surface area contributed by atoms with Gasteiger partial charge in [-0.15, -0.1) is 0 Å². The van der Waals surface area contributed by atoms with Crippen molar-refractivity contribution >= 4 is 39.2 Å². The van der Waals surface area contributed by atoms with Gasteiger partial charge in [-0.3, -0.25) is 9.78 Å². The van der Waals surface area contributed by atoms with Crippen LogP contribution in [0.1, 0.15) is 32.7 Å². The molecule has 5 aromatic rings. The first kappa shape index (κ1) is 20.4. The number of nitrogens with zero attached hydrogens (tertiary/aromatic N) is 1. The van der Waals surface area contributed by atoms with Gasteiger partial charge in [-0.1, -0.05) is 66.2 Å². The topological polar surface area (TPSA) is 55.0 Å². The lowest BCUT2D eigenvalue weighted by Gasteiger charge is -2.11. The largest absolute Gasteiger partial charge is 0.380 e. The molecule has 5 rings (SSSR count). The maximum Gasteiger partial charge on any atom is 0.211 e. The third kappa shape index (κ3) is 3.68. The second kappa shape index (κ2) is 8.58. The van der Waals surface area contributed by atoms with Crippen molar-refractivity contribution in [3.05, 3.63) is 112 Å². The zero-order chi connectivity index (χ0) is 22.1. The van der Waals surface area contributed by atoms with Crippen molar-refractivity contribution in [2.45, 2.75) is 13.0 Å². The van der Waals surface area contributed by atoms with Gasteiger partial charge in [0.05, 0.1) is 18.3 Å². The number of ether oxygens (including phenoxy) is 1. The van der Waals surface area contributed by atoms with E-state index in [1.807, 2.05) is 60.7 Å². The highest BCUT2D eigenvalue weighted by Crippen LogP contribution is 2.34. The summed E-state index contributed by atoms with van der Waals surface area (Å²) in [4.78, 5) is 21.3. The van der Waals surface area contributed by atoms with Crippen molar-refractivity contribution in [2.24, 2.45) is 0 Å². The normalized spacial score (nSPS) is 11.3. The fourth-order valence-electron chi connectivity index (χ4n) is 4.25. The third-order valence-corrected chi connectivity index (χ3v) is 5.95. The van der Waals surface area contributed by atoms with E-state index in [2.05, 4.69) is 22.1 Å². The van der Waals surface area contributed by atoms with E-state index in [-0.39, 0.29) is 5.78 Å². The lowest BCUT2D eigenvalue weighted by molar-refractivity contribution is 0.102. The number of pyridine rings is 1. The molecule has 0 spiro atoms. The number of H-pyrrole nitrogens is 1. The van der Waals surface area contributed by atoms with Crippen LogP contribution in [0.25, 0.3) is 21.8 Å². The summed E-state index contributed by atoms with van der Waals surface area (Å²) in [6.07, 6.45) is 2.49. The summed E-state index contributed by atoms with van der Waals surface area (Å²) in [6, 6.07) is 23.3. The van der Waals surface area contributed by atoms with E-state index in [9.17, 15) is 4.79 Å². The summed E-state index contributed by atoms with van der Waals surface area (Å²) in [5, 5.41) is 2.80. The van der Waals surface area contributed by atoms with E-state index in [0.717, 1.165) is 44.4 Å². The van der Waals surface area contributed by atoms with Crippen LogP contribution in [0, 0.1) is 0 Å². The van der Waals surface area contributed by atoms with Crippen molar-refractivity contribution < 1.29 is 9.53 Å². The van der Waals surface area contributed by atoms with Crippen LogP contribution in [-0.2, 0) is 17.8 Å². The van der Waals surface area contributed by atoms with Crippen molar-refractivity contribution in [2.75, 3.05) is 7.11 Å². The number of benzene rings is 3. The highest BCUT2D eigenvalue weighted by atomic mass is 35.5. The molecule has 0 saturated carbocycles. The Morgan fingerprint density at radius 1 is 0.938 bits per heavy atom. The number of nitrogens with one attached hydrogen (secondary N) is 1. The van der Waals surface area contributed by atoms with Gasteiger partial charge < -0.3 is 9.72 Å². The van der Waals surface area contributed by atoms with Crippen LogP contribution in [0.5, 0.6) is 0 Å². The monoisotopic (exact) mass is 440 g/mol. The molecule has 0 amide bonds. The molecule has 0 atom stereocenters. The van der Waals surface area contributed by atoms with E-state index in [1.165, 1.54) is 5.56 Å². The highest BCUT2D eigenvalue weighted by Gasteiger charge is 2.21. The second-order valence-corrected chi connectivity index (χ2v) is 8.21. The number of aromatic amines is 1. The molecule has 3 aromatic carbocycles. The minimum Gasteiger partial charge on any atom is -0.380 e. The summed E-state index contributed by atoms with van der Waals surface area (Å²) in [6.45, 7) is 0.292. The zero-order valence-corrected chi connectivity index (χ0v) is 18.3. The Bertz CT molecular complexity index is 1420. The number of fused-ring (bicyclic) bond motifs is 3. The molecule has 0 aliphatic rings. The molecule has 158 valence electrons. The van der Waals surface area contributed by atoms with Gasteiger partial charge in [0, 0.05) is 39.5 Å². The fourth-order valence-corrected chi connectivity index (χ4v) is 4.38. The number of hydrogen-bond donors (Lipinski definition) is 1. The molecule has 0 aliphatic carbocycles. The number of carbonyl (C=O) groups excluding carboxylic acids is 1. The standard InChI is InChI=1S/C27H21ClN2O2/c1-32-16-21-25-23(15-29-26(21)27(31)18-6-3-2-4-7-18)30-22-9-5-8-19(24(22)25)14-17-10-12-20(28)13-11-17/h2-13,15,30H,14,16H2,1H3. The van der Waals surface area contributed by atoms with Crippen LogP contribution in [-0.4, -0.2) is 22.9 Å². The maximum atomic E-state index is 13.3. The van der Waals surface area contributed by atoms with E-state index >= 15 is 0 Å². The first-order valence-corrected chi connectivity index (χ1v) is 10.8. The fraction of sp³-hybridized carbons (Fsp3) is 0.111. The molecular weight excluding hydrogens is 420 g/mol. The van der Waals surface area contributed by atoms with Crippen LogP contribution in [0.4, 0.5) is 0 Å². The Balaban J connectivity index is 1.73. The summed E-state index contributed by atoms with van der Waals surface area (Å²) >= 11 is 6.07. The quantitative estimate of drug-likeness (QED) is 0.313. The highest BCUT2D eigenvalue weighted by molar-refractivity contribution is 6.30. The zero-order valence-electron chi connectivity index (χ0n) is 17.6. The van der Waals surface area contributed by atoms with E-state index in [0.29, 0.717) is 17.9 Å². The minimum atomic E-state index is -0.107. The van der Waals surface area contributed by atoms with Crippen molar-refractivity contribution in [1.82, 2.24) is 9.97 Å². The molecule has 0 aliphatic heterocycles. The Hall–Kier alpha value is -3.47. The Morgan fingerprint density at radius 3 is 2.47 bits per heavy atom. The summed E-state index contributed by atoms with van der Waals surface area (Å²) in [5.74, 6) is -0.107. The molecular formula is C27H21ClN2O2. The third-order valence-electron chi connectivity index (χ3n) is 5.70. The predicted octanol–water partition coefficient (Wildman–Crippen LogP) is 6.34. The van der Waals surface area contributed by atoms with Crippen molar-refractivity contribution in [3.63, 3.8) is 0 Å². The number of ketones is 1. The van der Waals surface area contributed by atoms with Gasteiger partial charge in [-0.05, 0) is 35.7 Å². The summed E-state index contributed by atoms with van der Waals surface area (Å²) in [7, 11) is 1.64. The van der Waals surface area contributed by atoms with Gasteiger partial charge in [-0.2, -0.15) is 0 Å². The molecule has 32 heavy (non-hydrogen) atoms. The molecule has 0 fully saturated rings. The number of halogens is 1. The number of hydrogen-bond acceptors (Lipinski definition) is 3. The Kier molecular flexibility index (Phi) is 5.48. The lowest BCUT2D eigenvalue weighted by atomic mass is 9.95. The van der Waals surface area contributed by atoms with Crippen LogP contribution >= 0.6 is 11.6 Å². The van der Waals surface area contributed by atoms with Crippen molar-refractivity contribution in [3.8, 4) is 0 Å². The van der Waals surface area contributed by atoms with Gasteiger partial charge in [-0.25, -0.2) is 0 Å². The molecule has 1 N–H and O–H groups in total. The number of aromatic nitrogens is 2. The van der Waals surface area contributed by atoms with E-state index in [1.54, 1.807) is 13.3 Å². The minimum absolute atomic E-state index is 0.107. The van der Waals surface area contributed by atoms with Gasteiger partial charge in [0.25, 0.3) is 0 Å². The van der Waals surface area contributed by atoms with E-state index in [4.69, 9.17) is 16.3 Å². The molecule has 0 radical (unpaired) electrons. The van der Waals surface area contributed by atoms with Gasteiger partial charge >= 0.3 is 0 Å². The SMILES string of the molecule is COCc1c(C(=O)c2ccccc2)ncc2[nH]c3cccc(Cc4ccc(Cl)cc4)c3c12. The Labute approximate surface area is 190 Å². The predicted molar refractivity (Wildman–Crippen MR) is 128 cm³/mol. The molecule has 0 unspecified atom stereocenters. The first-order valence-electron chi connectivity index (χ1n) is 10.4. The number of rotatable bonds is 6. The molecule has 5 heteroatoms. The average molecular weight is 441 g/mol. The van der Waals surface area contributed by atoms with Crippen LogP contribution in [0.15, 0.2) is 79.0 Å². The number of carbonyl (C=O) groups is 1. The molecule has 4 nitrogen and oxygen atoms in total. The molecule has 0 saturated heterocycles. The average Bonchev–Trinajstić information content (AvgIpc) is 3.21. The molecule has 2 aromatic heterocycles. The van der Waals surface area contributed by atoms with Gasteiger partial charge in [0.2, 0.25) is 5.78 Å². The van der Waals surface area contributed by atoms with Crippen molar-refractivity contribution in [1.29, 1.82) is 0 Å². The Morgan fingerprint density at radius 2 is 1.72 bits per heavy atom. The molecule has 0 bridgehead atoms. The van der Waals surface area contributed by atoms with Crippen LogP contribution in [0.2, 0.25) is 5.02 Å². The lowest BCUT2D eigenvalue weighted by Crippen LogP contribution is -2.09. The van der Waals surface area contributed by atoms with E-state index < -0.39 is 0 Å². The van der Waals surface area contributed by atoms with Crippen LogP contribution < -0.4 is 0 Å². The second-order valence-electron chi connectivity index (χ2n) is 7.77. The first-order chi connectivity index (χ1) is 15.7. The molecule has 2 heterocycles. The summed E-state index contributed by atoms with van der Waals surface area (Å²) < 4.78 is 5.53. The number of methoxy groups -OCH3 is 1. The van der Waals surface area contributed by atoms with Gasteiger partial charge in [0.15, 0.2) is 0 Å².